The van der Waals surface area contributed by atoms with Crippen molar-refractivity contribution >= 4 is 87.2 Å². The third-order valence-corrected chi connectivity index (χ3v) is 13.8. The SMILES string of the molecule is CC(C)NC(=O)c1c[nH]c2ncc(-c3nn(CC4CC4)c4cc(Cl)ccc34)nc12.CC(C)NC(=O)c1cn(COCC[Si](C)(C)C)c2ncc(-c3nn(CC4CC4)c4cc(Cl)ccc34)nc12. The predicted molar refractivity (Wildman–Crippen MR) is 264 cm³/mol. The van der Waals surface area contributed by atoms with E-state index in [1.165, 1.54) is 25.7 Å². The molecule has 2 aliphatic carbocycles. The quantitative estimate of drug-likeness (QED) is 0.0667. The zero-order valence-corrected chi connectivity index (χ0v) is 41.0. The largest absolute Gasteiger partial charge is 0.361 e. The van der Waals surface area contributed by atoms with Crippen LogP contribution in [-0.2, 0) is 24.6 Å². The van der Waals surface area contributed by atoms with Crippen molar-refractivity contribution in [2.45, 2.75) is 111 Å². The first-order valence-corrected chi connectivity index (χ1v) is 27.3. The second-order valence-electron chi connectivity index (χ2n) is 19.5. The van der Waals surface area contributed by atoms with Crippen LogP contribution in [0.3, 0.4) is 0 Å². The lowest BCUT2D eigenvalue weighted by Crippen LogP contribution is -2.30. The highest BCUT2D eigenvalue weighted by atomic mass is 35.5. The molecule has 3 N–H and O–H groups in total. The van der Waals surface area contributed by atoms with E-state index in [0.717, 1.165) is 52.3 Å². The van der Waals surface area contributed by atoms with E-state index < -0.39 is 8.07 Å². The van der Waals surface area contributed by atoms with Gasteiger partial charge in [0.25, 0.3) is 11.8 Å². The Hall–Kier alpha value is -5.68. The molecule has 2 amide bonds. The van der Waals surface area contributed by atoms with Crippen LogP contribution in [0.25, 0.3) is 66.9 Å². The molecule has 2 saturated carbocycles. The number of hydrogen-bond donors (Lipinski definition) is 3. The van der Waals surface area contributed by atoms with Crippen molar-refractivity contribution in [1.82, 2.24) is 59.7 Å². The molecule has 2 aromatic carbocycles. The zero-order valence-electron chi connectivity index (χ0n) is 38.5. The molecule has 0 unspecified atom stereocenters. The molecule has 0 saturated heterocycles. The molecule has 0 aliphatic heterocycles. The summed E-state index contributed by atoms with van der Waals surface area (Å²) in [7, 11) is -1.20. The summed E-state index contributed by atoms with van der Waals surface area (Å²) in [6.07, 6.45) is 11.8. The number of amides is 2. The molecule has 0 radical (unpaired) electrons. The molecular weight excluding hydrogens is 892 g/mol. The van der Waals surface area contributed by atoms with Crippen molar-refractivity contribution in [3.05, 3.63) is 82.4 Å². The first-order valence-electron chi connectivity index (χ1n) is 22.8. The summed E-state index contributed by atoms with van der Waals surface area (Å²) < 4.78 is 11.9. The van der Waals surface area contributed by atoms with E-state index in [-0.39, 0.29) is 23.9 Å². The van der Waals surface area contributed by atoms with Gasteiger partial charge in [-0.05, 0) is 108 Å². The number of H-pyrrole nitrogens is 1. The number of benzene rings is 2. The van der Waals surface area contributed by atoms with Crippen molar-refractivity contribution in [2.75, 3.05) is 6.61 Å². The number of rotatable bonds is 15. The number of ether oxygens (including phenoxy) is 1. The standard InChI is InChI=1S/C27H35ClN6O2Si.C21H21ClN6O/c1-17(2)30-27(35)21-15-33(16-36-10-11-37(3,4)5)26-25(21)31-22(13-29-26)24-20-9-8-19(28)12-23(20)34(32-24)14-18-6-7-18;1-11(2)25-21(29)15-8-23-20-19(15)26-16(9-24-20)18-14-6-5-13(22)7-17(14)28(27-18)10-12-3-4-12/h8-9,12-13,15,17-18H,6-7,10-11,14,16H2,1-5H3,(H,30,35);5-9,11-12H,3-4,10H2,1-2H3,(H,23,24)(H,25,29). The molecule has 15 nitrogen and oxygen atoms in total. The molecule has 66 heavy (non-hydrogen) atoms. The van der Waals surface area contributed by atoms with Gasteiger partial charge in [0.15, 0.2) is 11.3 Å². The minimum absolute atomic E-state index is 0.00171. The topological polar surface area (TPSA) is 175 Å². The van der Waals surface area contributed by atoms with Crippen molar-refractivity contribution in [1.29, 1.82) is 0 Å². The van der Waals surface area contributed by atoms with E-state index in [1.807, 2.05) is 78.0 Å². The van der Waals surface area contributed by atoms with Gasteiger partial charge in [-0.2, -0.15) is 10.2 Å². The summed E-state index contributed by atoms with van der Waals surface area (Å²) >= 11 is 12.6. The smallest absolute Gasteiger partial charge is 0.255 e. The van der Waals surface area contributed by atoms with Gasteiger partial charge in [-0.1, -0.05) is 42.8 Å². The minimum Gasteiger partial charge on any atom is -0.361 e. The number of aromatic amines is 1. The van der Waals surface area contributed by atoms with Gasteiger partial charge < -0.3 is 24.9 Å². The maximum Gasteiger partial charge on any atom is 0.255 e. The van der Waals surface area contributed by atoms with Gasteiger partial charge in [-0.25, -0.2) is 19.9 Å². The second-order valence-corrected chi connectivity index (χ2v) is 26.0. The van der Waals surface area contributed by atoms with Crippen molar-refractivity contribution < 1.29 is 14.3 Å². The van der Waals surface area contributed by atoms with Gasteiger partial charge in [0.05, 0.1) is 34.6 Å². The summed E-state index contributed by atoms with van der Waals surface area (Å²) in [5.41, 5.74) is 7.99. The van der Waals surface area contributed by atoms with E-state index in [0.29, 0.717) is 80.1 Å². The highest BCUT2D eigenvalue weighted by molar-refractivity contribution is 6.76. The van der Waals surface area contributed by atoms with Crippen LogP contribution in [0, 0.1) is 11.8 Å². The van der Waals surface area contributed by atoms with E-state index in [1.54, 1.807) is 24.8 Å². The number of carbonyl (C=O) groups excluding carboxylic acids is 2. The highest BCUT2D eigenvalue weighted by Gasteiger charge is 2.27. The molecule has 2 aliphatic rings. The molecule has 18 heteroatoms. The molecule has 8 aromatic rings. The summed E-state index contributed by atoms with van der Waals surface area (Å²) in [4.78, 5) is 47.6. The maximum atomic E-state index is 13.1. The van der Waals surface area contributed by atoms with Crippen molar-refractivity contribution in [3.63, 3.8) is 0 Å². The molecule has 0 spiro atoms. The third-order valence-electron chi connectivity index (χ3n) is 11.7. The summed E-state index contributed by atoms with van der Waals surface area (Å²) in [6.45, 7) is 17.4. The summed E-state index contributed by atoms with van der Waals surface area (Å²) in [5.74, 6) is 0.983. The fourth-order valence-electron chi connectivity index (χ4n) is 7.87. The summed E-state index contributed by atoms with van der Waals surface area (Å²) in [6, 6.07) is 12.7. The highest BCUT2D eigenvalue weighted by Crippen LogP contribution is 2.37. The van der Waals surface area contributed by atoms with Gasteiger partial charge in [-0.3, -0.25) is 19.0 Å². The monoisotopic (exact) mass is 946 g/mol. The number of carbonyl (C=O) groups is 2. The molecule has 6 aromatic heterocycles. The number of halogens is 2. The fourth-order valence-corrected chi connectivity index (χ4v) is 8.96. The van der Waals surface area contributed by atoms with Crippen molar-refractivity contribution in [3.8, 4) is 22.8 Å². The van der Waals surface area contributed by atoms with Crippen LogP contribution in [0.2, 0.25) is 35.7 Å². The molecular formula is C48H56Cl2N12O3Si. The average molecular weight is 948 g/mol. The summed E-state index contributed by atoms with van der Waals surface area (Å²) in [5, 5.41) is 19.0. The Morgan fingerprint density at radius 2 is 1.30 bits per heavy atom. The number of hydrogen-bond acceptors (Lipinski definition) is 9. The Labute approximate surface area is 394 Å². The minimum atomic E-state index is -1.20. The Morgan fingerprint density at radius 3 is 1.83 bits per heavy atom. The van der Waals surface area contributed by atoms with Gasteiger partial charge in [-0.15, -0.1) is 0 Å². The first kappa shape index (κ1) is 45.5. The molecule has 6 heterocycles. The van der Waals surface area contributed by atoms with Crippen LogP contribution >= 0.6 is 23.2 Å². The number of aromatic nitrogens is 10. The number of nitrogens with one attached hydrogen (secondary N) is 3. The van der Waals surface area contributed by atoms with Gasteiger partial charge in [0, 0.05) is 73.1 Å². The van der Waals surface area contributed by atoms with Crippen LogP contribution in [-0.4, -0.2) is 87.6 Å². The lowest BCUT2D eigenvalue weighted by molar-refractivity contribution is 0.0890. The van der Waals surface area contributed by atoms with E-state index in [2.05, 4.69) is 40.2 Å². The van der Waals surface area contributed by atoms with Crippen molar-refractivity contribution in [2.24, 2.45) is 11.8 Å². The number of nitrogens with zero attached hydrogens (tertiary/aromatic N) is 9. The lowest BCUT2D eigenvalue weighted by atomic mass is 10.1. The second kappa shape index (κ2) is 18.5. The Balaban J connectivity index is 0.000000171. The van der Waals surface area contributed by atoms with E-state index in [4.69, 9.17) is 53.1 Å². The Morgan fingerprint density at radius 1 is 0.773 bits per heavy atom. The normalized spacial score (nSPS) is 14.2. The van der Waals surface area contributed by atoms with Crippen LogP contribution in [0.15, 0.2) is 61.2 Å². The molecule has 2 fully saturated rings. The van der Waals surface area contributed by atoms with E-state index >= 15 is 0 Å². The maximum absolute atomic E-state index is 13.1. The third kappa shape index (κ3) is 10.2. The molecule has 0 atom stereocenters. The van der Waals surface area contributed by atoms with Crippen LogP contribution in [0.5, 0.6) is 0 Å². The first-order chi connectivity index (χ1) is 31.6. The molecule has 0 bridgehead atoms. The van der Waals surface area contributed by atoms with E-state index in [9.17, 15) is 9.59 Å². The van der Waals surface area contributed by atoms with Gasteiger partial charge in [0.2, 0.25) is 0 Å². The Kier molecular flexibility index (Phi) is 12.8. The Bertz CT molecular complexity index is 3100. The fraction of sp³-hybridized carbons (Fsp3) is 0.417. The zero-order chi connectivity index (χ0) is 46.4. The van der Waals surface area contributed by atoms with Crippen LogP contribution in [0.1, 0.15) is 74.1 Å². The molecule has 344 valence electrons. The van der Waals surface area contributed by atoms with Crippen LogP contribution in [0.4, 0.5) is 0 Å². The average Bonchev–Trinajstić information content (AvgIpc) is 4.11. The molecule has 10 rings (SSSR count). The van der Waals surface area contributed by atoms with Gasteiger partial charge in [0.1, 0.15) is 40.5 Å². The predicted octanol–water partition coefficient (Wildman–Crippen LogP) is 10.1. The number of fused-ring (bicyclic) bond motifs is 4. The van der Waals surface area contributed by atoms with Gasteiger partial charge >= 0.3 is 0 Å². The lowest BCUT2D eigenvalue weighted by Gasteiger charge is -2.15. The van der Waals surface area contributed by atoms with Crippen LogP contribution < -0.4 is 10.6 Å².